The first-order valence-corrected chi connectivity index (χ1v) is 6.25. The smallest absolute Gasteiger partial charge is 0.134 e. The standard InChI is InChI=1S/C16H13N3O.ClH/c20-14-8-4-7-13(9-14)19-16-10-15(17-11-18-16)12-5-2-1-3-6-12;/h1-11,20H,(H,17,18,19);1H. The molecule has 0 aliphatic carbocycles. The molecule has 0 saturated carbocycles. The molecule has 5 heteroatoms. The second-order valence-electron chi connectivity index (χ2n) is 4.33. The van der Waals surface area contributed by atoms with Crippen LogP contribution in [-0.2, 0) is 0 Å². The van der Waals surface area contributed by atoms with Gasteiger partial charge in [-0.3, -0.25) is 0 Å². The predicted molar refractivity (Wildman–Crippen MR) is 86.1 cm³/mol. The number of phenols is 1. The molecule has 0 atom stereocenters. The fourth-order valence-electron chi connectivity index (χ4n) is 1.92. The Morgan fingerprint density at radius 1 is 0.857 bits per heavy atom. The molecule has 0 aliphatic rings. The summed E-state index contributed by atoms with van der Waals surface area (Å²) >= 11 is 0. The molecular weight excluding hydrogens is 286 g/mol. The molecule has 106 valence electrons. The van der Waals surface area contributed by atoms with Crippen molar-refractivity contribution in [2.24, 2.45) is 0 Å². The van der Waals surface area contributed by atoms with Crippen LogP contribution in [0.1, 0.15) is 0 Å². The zero-order chi connectivity index (χ0) is 13.8. The van der Waals surface area contributed by atoms with Crippen molar-refractivity contribution in [1.29, 1.82) is 0 Å². The van der Waals surface area contributed by atoms with Crippen molar-refractivity contribution in [1.82, 2.24) is 9.97 Å². The summed E-state index contributed by atoms with van der Waals surface area (Å²) in [6, 6.07) is 18.7. The zero-order valence-corrected chi connectivity index (χ0v) is 11.9. The Morgan fingerprint density at radius 2 is 1.67 bits per heavy atom. The molecule has 4 nitrogen and oxygen atoms in total. The van der Waals surface area contributed by atoms with Crippen LogP contribution < -0.4 is 5.32 Å². The maximum absolute atomic E-state index is 9.45. The third-order valence-corrected chi connectivity index (χ3v) is 2.86. The molecule has 1 heterocycles. The van der Waals surface area contributed by atoms with Gasteiger partial charge in [-0.05, 0) is 12.1 Å². The monoisotopic (exact) mass is 299 g/mol. The van der Waals surface area contributed by atoms with Crippen molar-refractivity contribution >= 4 is 23.9 Å². The van der Waals surface area contributed by atoms with E-state index in [0.717, 1.165) is 16.9 Å². The van der Waals surface area contributed by atoms with Gasteiger partial charge in [0.05, 0.1) is 5.69 Å². The summed E-state index contributed by atoms with van der Waals surface area (Å²) in [5.41, 5.74) is 2.67. The topological polar surface area (TPSA) is 58.0 Å². The fourth-order valence-corrected chi connectivity index (χ4v) is 1.92. The minimum Gasteiger partial charge on any atom is -0.508 e. The van der Waals surface area contributed by atoms with Crippen LogP contribution in [0.15, 0.2) is 67.0 Å². The number of hydrogen-bond acceptors (Lipinski definition) is 4. The highest BCUT2D eigenvalue weighted by molar-refractivity contribution is 5.85. The normalized spacial score (nSPS) is 9.71. The number of hydrogen-bond donors (Lipinski definition) is 2. The molecule has 0 unspecified atom stereocenters. The molecular formula is C16H14ClN3O. The molecule has 0 bridgehead atoms. The van der Waals surface area contributed by atoms with Gasteiger partial charge in [0.2, 0.25) is 0 Å². The van der Waals surface area contributed by atoms with Crippen molar-refractivity contribution in [3.63, 3.8) is 0 Å². The van der Waals surface area contributed by atoms with E-state index in [1.165, 1.54) is 6.33 Å². The van der Waals surface area contributed by atoms with E-state index in [1.54, 1.807) is 18.2 Å². The highest BCUT2D eigenvalue weighted by atomic mass is 35.5. The quantitative estimate of drug-likeness (QED) is 0.767. The predicted octanol–water partition coefficient (Wildman–Crippen LogP) is 4.01. The third kappa shape index (κ3) is 3.70. The van der Waals surface area contributed by atoms with Gasteiger partial charge in [0, 0.05) is 23.4 Å². The first-order chi connectivity index (χ1) is 9.81. The van der Waals surface area contributed by atoms with Crippen LogP contribution in [0.25, 0.3) is 11.3 Å². The van der Waals surface area contributed by atoms with Gasteiger partial charge in [-0.1, -0.05) is 36.4 Å². The van der Waals surface area contributed by atoms with Crippen LogP contribution in [-0.4, -0.2) is 15.1 Å². The van der Waals surface area contributed by atoms with E-state index in [0.29, 0.717) is 5.82 Å². The number of aromatic nitrogens is 2. The van der Waals surface area contributed by atoms with Crippen LogP contribution >= 0.6 is 12.4 Å². The summed E-state index contributed by atoms with van der Waals surface area (Å²) in [6.07, 6.45) is 1.52. The number of anilines is 2. The molecule has 0 spiro atoms. The minimum atomic E-state index is 0. The van der Waals surface area contributed by atoms with E-state index < -0.39 is 0 Å². The van der Waals surface area contributed by atoms with Crippen molar-refractivity contribution in [3.05, 3.63) is 67.0 Å². The molecule has 2 N–H and O–H groups in total. The molecule has 0 saturated heterocycles. The third-order valence-electron chi connectivity index (χ3n) is 2.86. The van der Waals surface area contributed by atoms with E-state index in [4.69, 9.17) is 0 Å². The average molecular weight is 300 g/mol. The summed E-state index contributed by atoms with van der Waals surface area (Å²) in [6.45, 7) is 0. The Hall–Kier alpha value is -2.59. The van der Waals surface area contributed by atoms with Crippen LogP contribution in [0, 0.1) is 0 Å². The summed E-state index contributed by atoms with van der Waals surface area (Å²) in [5.74, 6) is 0.900. The van der Waals surface area contributed by atoms with E-state index in [2.05, 4.69) is 15.3 Å². The van der Waals surface area contributed by atoms with Crippen molar-refractivity contribution < 1.29 is 5.11 Å². The van der Waals surface area contributed by atoms with Gasteiger partial charge in [0.15, 0.2) is 0 Å². The van der Waals surface area contributed by atoms with Gasteiger partial charge in [0.1, 0.15) is 17.9 Å². The molecule has 3 rings (SSSR count). The van der Waals surface area contributed by atoms with Crippen LogP contribution in [0.2, 0.25) is 0 Å². The number of aromatic hydroxyl groups is 1. The molecule has 1 aromatic heterocycles. The Bertz CT molecular complexity index is 719. The fraction of sp³-hybridized carbons (Fsp3) is 0. The number of phenolic OH excluding ortho intramolecular Hbond substituents is 1. The van der Waals surface area contributed by atoms with Crippen molar-refractivity contribution in [3.8, 4) is 17.0 Å². The number of nitrogens with one attached hydrogen (secondary N) is 1. The van der Waals surface area contributed by atoms with Gasteiger partial charge in [-0.2, -0.15) is 0 Å². The lowest BCUT2D eigenvalue weighted by Gasteiger charge is -2.07. The molecule has 21 heavy (non-hydrogen) atoms. The molecule has 0 radical (unpaired) electrons. The number of nitrogens with zero attached hydrogens (tertiary/aromatic N) is 2. The lowest BCUT2D eigenvalue weighted by Crippen LogP contribution is -1.95. The summed E-state index contributed by atoms with van der Waals surface area (Å²) in [5, 5.41) is 12.6. The van der Waals surface area contributed by atoms with E-state index in [-0.39, 0.29) is 18.2 Å². The number of rotatable bonds is 3. The second-order valence-corrected chi connectivity index (χ2v) is 4.33. The highest BCUT2D eigenvalue weighted by Gasteiger charge is 2.02. The summed E-state index contributed by atoms with van der Waals surface area (Å²) in [4.78, 5) is 8.45. The first-order valence-electron chi connectivity index (χ1n) is 6.25. The van der Waals surface area contributed by atoms with E-state index in [9.17, 15) is 5.11 Å². The summed E-state index contributed by atoms with van der Waals surface area (Å²) in [7, 11) is 0. The van der Waals surface area contributed by atoms with Gasteiger partial charge in [-0.15, -0.1) is 12.4 Å². The molecule has 2 aromatic carbocycles. The molecule has 0 aliphatic heterocycles. The molecule has 3 aromatic rings. The second kappa shape index (κ2) is 6.72. The van der Waals surface area contributed by atoms with Gasteiger partial charge in [0.25, 0.3) is 0 Å². The Balaban J connectivity index is 0.00000161. The largest absolute Gasteiger partial charge is 0.508 e. The van der Waals surface area contributed by atoms with E-state index in [1.807, 2.05) is 42.5 Å². The van der Waals surface area contributed by atoms with Gasteiger partial charge in [-0.25, -0.2) is 9.97 Å². The average Bonchev–Trinajstić information content (AvgIpc) is 2.48. The first kappa shape index (κ1) is 14.8. The Labute approximate surface area is 128 Å². The van der Waals surface area contributed by atoms with Crippen LogP contribution in [0.4, 0.5) is 11.5 Å². The molecule has 0 amide bonds. The number of benzene rings is 2. The Kier molecular flexibility index (Phi) is 4.74. The van der Waals surface area contributed by atoms with Gasteiger partial charge < -0.3 is 10.4 Å². The highest BCUT2D eigenvalue weighted by Crippen LogP contribution is 2.22. The maximum atomic E-state index is 9.45. The van der Waals surface area contributed by atoms with Crippen LogP contribution in [0.5, 0.6) is 5.75 Å². The maximum Gasteiger partial charge on any atom is 0.134 e. The Morgan fingerprint density at radius 3 is 2.43 bits per heavy atom. The lowest BCUT2D eigenvalue weighted by molar-refractivity contribution is 0.475. The summed E-state index contributed by atoms with van der Waals surface area (Å²) < 4.78 is 0. The molecule has 0 fully saturated rings. The lowest BCUT2D eigenvalue weighted by atomic mass is 10.1. The van der Waals surface area contributed by atoms with Gasteiger partial charge >= 0.3 is 0 Å². The zero-order valence-electron chi connectivity index (χ0n) is 11.1. The SMILES string of the molecule is Cl.Oc1cccc(Nc2cc(-c3ccccc3)ncn2)c1. The minimum absolute atomic E-state index is 0. The van der Waals surface area contributed by atoms with Crippen molar-refractivity contribution in [2.75, 3.05) is 5.32 Å². The number of halogens is 1. The van der Waals surface area contributed by atoms with Crippen molar-refractivity contribution in [2.45, 2.75) is 0 Å². The van der Waals surface area contributed by atoms with E-state index >= 15 is 0 Å². The van der Waals surface area contributed by atoms with Crippen LogP contribution in [0.3, 0.4) is 0 Å².